The zero-order chi connectivity index (χ0) is 19.6. The summed E-state index contributed by atoms with van der Waals surface area (Å²) in [6, 6.07) is 0. The molecule has 9 unspecified atom stereocenters. The van der Waals surface area contributed by atoms with Crippen LogP contribution in [0.25, 0.3) is 0 Å². The van der Waals surface area contributed by atoms with Gasteiger partial charge in [0.2, 0.25) is 0 Å². The highest BCUT2D eigenvalue weighted by atomic mass is 32.1. The van der Waals surface area contributed by atoms with E-state index in [0.717, 1.165) is 41.4 Å². The first-order chi connectivity index (χ1) is 12.7. The lowest BCUT2D eigenvalue weighted by molar-refractivity contribution is -0.0832. The summed E-state index contributed by atoms with van der Waals surface area (Å²) in [5.41, 5.74) is 2.29. The minimum absolute atomic E-state index is 0.352. The lowest BCUT2D eigenvalue weighted by Gasteiger charge is -2.61. The molecule has 0 aliphatic heterocycles. The van der Waals surface area contributed by atoms with Gasteiger partial charge in [-0.3, -0.25) is 0 Å². The average molecular weight is 387 g/mol. The molecule has 1 heteroatoms. The fourth-order valence-corrected chi connectivity index (χ4v) is 9.51. The van der Waals surface area contributed by atoms with Gasteiger partial charge in [-0.15, -0.1) is 6.58 Å². The first-order valence-electron chi connectivity index (χ1n) is 11.9. The lowest BCUT2D eigenvalue weighted by Crippen LogP contribution is -2.56. The molecule has 4 aliphatic carbocycles. The van der Waals surface area contributed by atoms with Crippen molar-refractivity contribution in [2.24, 2.45) is 52.3 Å². The SMILES string of the molecule is C=C(C)CC1CCC2(C)C(CCC3C2CC(=S)C2(C)C(CC)C(C)CC32)C1. The van der Waals surface area contributed by atoms with Crippen LogP contribution in [-0.4, -0.2) is 4.86 Å². The van der Waals surface area contributed by atoms with E-state index in [-0.39, 0.29) is 0 Å². The summed E-state index contributed by atoms with van der Waals surface area (Å²) in [4.78, 5) is 1.47. The first-order valence-corrected chi connectivity index (χ1v) is 12.3. The van der Waals surface area contributed by atoms with Crippen LogP contribution in [0.1, 0.15) is 92.4 Å². The third-order valence-corrected chi connectivity index (χ3v) is 10.9. The Kier molecular flexibility index (Phi) is 5.19. The van der Waals surface area contributed by atoms with Gasteiger partial charge in [0, 0.05) is 5.41 Å². The maximum Gasteiger partial charge on any atom is 0.00501 e. The number of allylic oxidation sites excluding steroid dienone is 1. The number of rotatable bonds is 3. The van der Waals surface area contributed by atoms with Crippen molar-refractivity contribution in [3.63, 3.8) is 0 Å². The molecule has 4 fully saturated rings. The van der Waals surface area contributed by atoms with Gasteiger partial charge in [-0.25, -0.2) is 0 Å². The van der Waals surface area contributed by atoms with E-state index in [1.807, 2.05) is 0 Å². The fraction of sp³-hybridized carbons (Fsp3) is 0.885. The Balaban J connectivity index is 1.60. The molecule has 0 heterocycles. The molecule has 4 rings (SSSR count). The van der Waals surface area contributed by atoms with E-state index in [2.05, 4.69) is 41.2 Å². The van der Waals surface area contributed by atoms with E-state index in [1.54, 1.807) is 0 Å². The molecular weight excluding hydrogens is 344 g/mol. The maximum atomic E-state index is 6.23. The highest BCUT2D eigenvalue weighted by molar-refractivity contribution is 7.80. The van der Waals surface area contributed by atoms with Gasteiger partial charge in [-0.05, 0) is 110 Å². The third kappa shape index (κ3) is 2.92. The van der Waals surface area contributed by atoms with Crippen molar-refractivity contribution in [2.75, 3.05) is 0 Å². The van der Waals surface area contributed by atoms with Crippen LogP contribution in [0.5, 0.6) is 0 Å². The zero-order valence-corrected chi connectivity index (χ0v) is 19.3. The molecule has 0 aromatic carbocycles. The Morgan fingerprint density at radius 1 is 1.15 bits per heavy atom. The molecule has 0 bridgehead atoms. The molecule has 0 aromatic rings. The van der Waals surface area contributed by atoms with Gasteiger partial charge in [-0.2, -0.15) is 0 Å². The second kappa shape index (κ2) is 6.96. The first kappa shape index (κ1) is 20.1. The zero-order valence-electron chi connectivity index (χ0n) is 18.5. The highest BCUT2D eigenvalue weighted by Crippen LogP contribution is 2.68. The average Bonchev–Trinajstić information content (AvgIpc) is 2.87. The summed E-state index contributed by atoms with van der Waals surface area (Å²) < 4.78 is 0. The summed E-state index contributed by atoms with van der Waals surface area (Å²) in [5, 5.41) is 0. The van der Waals surface area contributed by atoms with Gasteiger partial charge >= 0.3 is 0 Å². The molecule has 4 saturated carbocycles. The quantitative estimate of drug-likeness (QED) is 0.351. The van der Waals surface area contributed by atoms with Crippen LogP contribution >= 0.6 is 12.2 Å². The molecule has 9 atom stereocenters. The molecule has 4 aliphatic rings. The Labute approximate surface area is 174 Å². The minimum Gasteiger partial charge on any atom is -0.100 e. The van der Waals surface area contributed by atoms with Gasteiger partial charge < -0.3 is 0 Å². The molecule has 152 valence electrons. The molecule has 0 aromatic heterocycles. The van der Waals surface area contributed by atoms with Crippen LogP contribution in [0.4, 0.5) is 0 Å². The topological polar surface area (TPSA) is 0 Å². The Hall–Kier alpha value is -0.170. The summed E-state index contributed by atoms with van der Waals surface area (Å²) in [7, 11) is 0. The Bertz CT molecular complexity index is 620. The van der Waals surface area contributed by atoms with Gasteiger partial charge in [0.15, 0.2) is 0 Å². The van der Waals surface area contributed by atoms with Crippen molar-refractivity contribution >= 4 is 17.1 Å². The molecule has 0 amide bonds. The minimum atomic E-state index is 0.352. The predicted octanol–water partition coefficient (Wildman–Crippen LogP) is 7.86. The molecule has 0 nitrogen and oxygen atoms in total. The van der Waals surface area contributed by atoms with Crippen LogP contribution < -0.4 is 0 Å². The predicted molar refractivity (Wildman–Crippen MR) is 121 cm³/mol. The molecular formula is C26H42S. The van der Waals surface area contributed by atoms with E-state index in [9.17, 15) is 0 Å². The van der Waals surface area contributed by atoms with Crippen molar-refractivity contribution in [1.82, 2.24) is 0 Å². The lowest BCUT2D eigenvalue weighted by atomic mass is 9.44. The van der Waals surface area contributed by atoms with Crippen LogP contribution in [0, 0.1) is 52.3 Å². The van der Waals surface area contributed by atoms with E-state index >= 15 is 0 Å². The standard InChI is InChI=1S/C26H42S/c1-7-21-17(4)13-23-20-9-8-19-14-18(12-16(2)3)10-11-25(19,5)22(20)15-24(27)26(21,23)6/h17-23H,2,7-15H2,1,3-6H3. The van der Waals surface area contributed by atoms with Crippen molar-refractivity contribution in [1.29, 1.82) is 0 Å². The number of fused-ring (bicyclic) bond motifs is 5. The number of hydrogen-bond acceptors (Lipinski definition) is 1. The summed E-state index contributed by atoms with van der Waals surface area (Å²) in [6.07, 6.45) is 12.6. The van der Waals surface area contributed by atoms with Crippen molar-refractivity contribution in [2.45, 2.75) is 92.4 Å². The Morgan fingerprint density at radius 3 is 2.56 bits per heavy atom. The number of thiocarbonyl (C=S) groups is 1. The molecule has 0 saturated heterocycles. The molecule has 0 radical (unpaired) electrons. The molecule has 0 N–H and O–H groups in total. The van der Waals surface area contributed by atoms with Crippen LogP contribution in [0.2, 0.25) is 0 Å². The van der Waals surface area contributed by atoms with Crippen LogP contribution in [-0.2, 0) is 0 Å². The monoisotopic (exact) mass is 386 g/mol. The molecule has 0 spiro atoms. The van der Waals surface area contributed by atoms with Crippen molar-refractivity contribution < 1.29 is 0 Å². The van der Waals surface area contributed by atoms with Gasteiger partial charge in [0.1, 0.15) is 0 Å². The largest absolute Gasteiger partial charge is 0.100 e. The maximum absolute atomic E-state index is 6.23. The van der Waals surface area contributed by atoms with E-state index in [0.29, 0.717) is 10.8 Å². The second-order valence-corrected chi connectivity index (χ2v) is 12.1. The van der Waals surface area contributed by atoms with Crippen molar-refractivity contribution in [3.05, 3.63) is 12.2 Å². The summed E-state index contributed by atoms with van der Waals surface area (Å²) in [5.74, 6) is 6.20. The Morgan fingerprint density at radius 2 is 1.89 bits per heavy atom. The summed E-state index contributed by atoms with van der Waals surface area (Å²) in [6.45, 7) is 16.6. The third-order valence-electron chi connectivity index (χ3n) is 10.3. The number of hydrogen-bond donors (Lipinski definition) is 0. The highest BCUT2D eigenvalue weighted by Gasteiger charge is 2.62. The van der Waals surface area contributed by atoms with E-state index in [1.165, 1.54) is 68.2 Å². The van der Waals surface area contributed by atoms with E-state index in [4.69, 9.17) is 12.2 Å². The smallest absolute Gasteiger partial charge is 0.00501 e. The van der Waals surface area contributed by atoms with Gasteiger partial charge in [0.25, 0.3) is 0 Å². The van der Waals surface area contributed by atoms with Gasteiger partial charge in [-0.1, -0.05) is 51.9 Å². The molecule has 27 heavy (non-hydrogen) atoms. The van der Waals surface area contributed by atoms with Crippen molar-refractivity contribution in [3.8, 4) is 0 Å². The van der Waals surface area contributed by atoms with Crippen LogP contribution in [0.15, 0.2) is 12.2 Å². The van der Waals surface area contributed by atoms with Crippen LogP contribution in [0.3, 0.4) is 0 Å². The fourth-order valence-electron chi connectivity index (χ4n) is 9.03. The van der Waals surface area contributed by atoms with Gasteiger partial charge in [0.05, 0.1) is 0 Å². The second-order valence-electron chi connectivity index (χ2n) is 11.6. The van der Waals surface area contributed by atoms with E-state index < -0.39 is 0 Å². The summed E-state index contributed by atoms with van der Waals surface area (Å²) >= 11 is 6.23. The normalized spacial score (nSPS) is 52.0.